The Morgan fingerprint density at radius 2 is 1.85 bits per heavy atom. The lowest BCUT2D eigenvalue weighted by atomic mass is 10.2. The van der Waals surface area contributed by atoms with Crippen molar-refractivity contribution in [2.45, 2.75) is 19.4 Å². The molecule has 1 amide bonds. The van der Waals surface area contributed by atoms with Crippen molar-refractivity contribution in [3.8, 4) is 0 Å². The zero-order valence-electron chi connectivity index (χ0n) is 10.9. The van der Waals surface area contributed by atoms with Gasteiger partial charge in [-0.05, 0) is 65.2 Å². The van der Waals surface area contributed by atoms with E-state index in [2.05, 4.69) is 38.7 Å². The minimum atomic E-state index is 0.147. The van der Waals surface area contributed by atoms with E-state index >= 15 is 0 Å². The fourth-order valence-electron chi connectivity index (χ4n) is 1.90. The van der Waals surface area contributed by atoms with E-state index in [1.807, 2.05) is 24.3 Å². The first-order valence-electron chi connectivity index (χ1n) is 6.60. The molecule has 0 aliphatic heterocycles. The van der Waals surface area contributed by atoms with E-state index in [1.165, 1.54) is 4.88 Å². The fourth-order valence-corrected chi connectivity index (χ4v) is 3.32. The Balaban J connectivity index is 1.54. The van der Waals surface area contributed by atoms with E-state index in [1.54, 1.807) is 11.3 Å². The number of anilines is 2. The van der Waals surface area contributed by atoms with Gasteiger partial charge in [-0.1, -0.05) is 0 Å². The Labute approximate surface area is 130 Å². The summed E-state index contributed by atoms with van der Waals surface area (Å²) in [6.45, 7) is 0.810. The fraction of sp³-hybridized carbons (Fsp3) is 0.267. The molecule has 0 spiro atoms. The third kappa shape index (κ3) is 3.61. The first kappa shape index (κ1) is 13.6. The molecule has 3 nitrogen and oxygen atoms in total. The molecule has 0 saturated heterocycles. The molecule has 5 heteroatoms. The van der Waals surface area contributed by atoms with E-state index in [0.29, 0.717) is 0 Å². The first-order valence-corrected chi connectivity index (χ1v) is 8.21. The summed E-state index contributed by atoms with van der Waals surface area (Å²) in [4.78, 5) is 12.9. The number of rotatable bonds is 5. The smallest absolute Gasteiger partial charge is 0.227 e. The van der Waals surface area contributed by atoms with Gasteiger partial charge in [0.2, 0.25) is 5.91 Å². The number of hydrogen-bond acceptors (Lipinski definition) is 3. The van der Waals surface area contributed by atoms with Crippen LogP contribution in [0.25, 0.3) is 0 Å². The predicted octanol–water partition coefficient (Wildman–Crippen LogP) is 4.47. The van der Waals surface area contributed by atoms with E-state index < -0.39 is 0 Å². The van der Waals surface area contributed by atoms with Crippen LogP contribution in [0, 0.1) is 5.92 Å². The summed E-state index contributed by atoms with van der Waals surface area (Å²) in [5.41, 5.74) is 1.92. The van der Waals surface area contributed by atoms with Crippen molar-refractivity contribution in [2.24, 2.45) is 5.92 Å². The van der Waals surface area contributed by atoms with Crippen LogP contribution < -0.4 is 10.6 Å². The van der Waals surface area contributed by atoms with Gasteiger partial charge in [-0.15, -0.1) is 11.3 Å². The number of halogens is 1. The summed E-state index contributed by atoms with van der Waals surface area (Å²) in [5.74, 6) is 0.388. The molecular formula is C15H15BrN2OS. The molecule has 0 atom stereocenters. The van der Waals surface area contributed by atoms with Crippen LogP contribution in [0.1, 0.15) is 17.7 Å². The van der Waals surface area contributed by atoms with Crippen LogP contribution in [0.4, 0.5) is 11.4 Å². The molecule has 1 aliphatic carbocycles. The number of carbonyl (C=O) groups is 1. The number of nitrogens with one attached hydrogen (secondary N) is 2. The number of thiophene rings is 1. The highest BCUT2D eigenvalue weighted by atomic mass is 79.9. The molecule has 1 aromatic carbocycles. The van der Waals surface area contributed by atoms with Crippen molar-refractivity contribution >= 4 is 44.5 Å². The van der Waals surface area contributed by atoms with E-state index in [0.717, 1.165) is 34.5 Å². The van der Waals surface area contributed by atoms with Gasteiger partial charge in [0.15, 0.2) is 0 Å². The maximum atomic E-state index is 11.6. The number of carbonyl (C=O) groups excluding carboxylic acids is 1. The van der Waals surface area contributed by atoms with Gasteiger partial charge in [-0.25, -0.2) is 0 Å². The van der Waals surface area contributed by atoms with Crippen LogP contribution in [-0.2, 0) is 11.3 Å². The van der Waals surface area contributed by atoms with Gasteiger partial charge in [0.1, 0.15) is 0 Å². The minimum absolute atomic E-state index is 0.147. The summed E-state index contributed by atoms with van der Waals surface area (Å²) in [7, 11) is 0. The highest BCUT2D eigenvalue weighted by Crippen LogP contribution is 2.30. The second-order valence-electron chi connectivity index (χ2n) is 4.90. The molecule has 0 radical (unpaired) electrons. The summed E-state index contributed by atoms with van der Waals surface area (Å²) >= 11 is 5.18. The Morgan fingerprint density at radius 1 is 1.15 bits per heavy atom. The molecule has 0 bridgehead atoms. The van der Waals surface area contributed by atoms with Gasteiger partial charge in [0.25, 0.3) is 0 Å². The molecular weight excluding hydrogens is 336 g/mol. The predicted molar refractivity (Wildman–Crippen MR) is 87.1 cm³/mol. The second kappa shape index (κ2) is 5.97. The van der Waals surface area contributed by atoms with Gasteiger partial charge in [0.05, 0.1) is 3.79 Å². The average molecular weight is 351 g/mol. The number of amides is 1. The molecule has 1 aromatic heterocycles. The van der Waals surface area contributed by atoms with Crippen LogP contribution in [0.15, 0.2) is 40.2 Å². The summed E-state index contributed by atoms with van der Waals surface area (Å²) in [6, 6.07) is 12.0. The van der Waals surface area contributed by atoms with Crippen molar-refractivity contribution in [1.82, 2.24) is 0 Å². The molecule has 3 rings (SSSR count). The zero-order valence-corrected chi connectivity index (χ0v) is 13.3. The Bertz CT molecular complexity index is 605. The molecule has 2 aromatic rings. The van der Waals surface area contributed by atoms with Gasteiger partial charge < -0.3 is 10.6 Å². The third-order valence-corrected chi connectivity index (χ3v) is 4.82. The normalized spacial score (nSPS) is 14.1. The summed E-state index contributed by atoms with van der Waals surface area (Å²) in [5, 5.41) is 6.30. The monoisotopic (exact) mass is 350 g/mol. The zero-order chi connectivity index (χ0) is 13.9. The van der Waals surface area contributed by atoms with Crippen LogP contribution in [-0.4, -0.2) is 5.91 Å². The van der Waals surface area contributed by atoms with Gasteiger partial charge in [-0.2, -0.15) is 0 Å². The topological polar surface area (TPSA) is 41.1 Å². The molecule has 0 unspecified atom stereocenters. The first-order chi connectivity index (χ1) is 9.70. The number of hydrogen-bond donors (Lipinski definition) is 2. The molecule has 1 aliphatic rings. The molecule has 104 valence electrons. The average Bonchev–Trinajstić information content (AvgIpc) is 3.22. The van der Waals surface area contributed by atoms with Crippen molar-refractivity contribution in [2.75, 3.05) is 10.6 Å². The minimum Gasteiger partial charge on any atom is -0.380 e. The lowest BCUT2D eigenvalue weighted by Gasteiger charge is -2.07. The third-order valence-electron chi connectivity index (χ3n) is 3.20. The van der Waals surface area contributed by atoms with Crippen molar-refractivity contribution in [3.63, 3.8) is 0 Å². The van der Waals surface area contributed by atoms with E-state index in [-0.39, 0.29) is 11.8 Å². The van der Waals surface area contributed by atoms with Gasteiger partial charge >= 0.3 is 0 Å². The SMILES string of the molecule is O=C(Nc1ccc(NCc2ccc(Br)s2)cc1)C1CC1. The molecule has 20 heavy (non-hydrogen) atoms. The van der Waals surface area contributed by atoms with Gasteiger partial charge in [0, 0.05) is 28.7 Å². The maximum absolute atomic E-state index is 11.6. The summed E-state index contributed by atoms with van der Waals surface area (Å²) < 4.78 is 1.15. The van der Waals surface area contributed by atoms with Crippen molar-refractivity contribution < 1.29 is 4.79 Å². The largest absolute Gasteiger partial charge is 0.380 e. The van der Waals surface area contributed by atoms with E-state index in [4.69, 9.17) is 0 Å². The standard InChI is InChI=1S/C15H15BrN2OS/c16-14-8-7-13(20-14)9-17-11-3-5-12(6-4-11)18-15(19)10-1-2-10/h3-8,10,17H,1-2,9H2,(H,18,19). The lowest BCUT2D eigenvalue weighted by molar-refractivity contribution is -0.117. The highest BCUT2D eigenvalue weighted by Gasteiger charge is 2.29. The quantitative estimate of drug-likeness (QED) is 0.834. The Kier molecular flexibility index (Phi) is 4.08. The molecule has 1 heterocycles. The van der Waals surface area contributed by atoms with Crippen molar-refractivity contribution in [3.05, 3.63) is 45.1 Å². The lowest BCUT2D eigenvalue weighted by Crippen LogP contribution is -2.13. The molecule has 2 N–H and O–H groups in total. The van der Waals surface area contributed by atoms with E-state index in [9.17, 15) is 4.79 Å². The maximum Gasteiger partial charge on any atom is 0.227 e. The van der Waals surface area contributed by atoms with Crippen LogP contribution >= 0.6 is 27.3 Å². The number of benzene rings is 1. The van der Waals surface area contributed by atoms with Crippen molar-refractivity contribution in [1.29, 1.82) is 0 Å². The van der Waals surface area contributed by atoms with Gasteiger partial charge in [-0.3, -0.25) is 4.79 Å². The molecule has 1 saturated carbocycles. The van der Waals surface area contributed by atoms with Crippen LogP contribution in [0.5, 0.6) is 0 Å². The highest BCUT2D eigenvalue weighted by molar-refractivity contribution is 9.11. The Morgan fingerprint density at radius 3 is 2.45 bits per heavy atom. The second-order valence-corrected chi connectivity index (χ2v) is 7.45. The molecule has 1 fully saturated rings. The van der Waals surface area contributed by atoms with Crippen LogP contribution in [0.2, 0.25) is 0 Å². The Hall–Kier alpha value is -1.33. The van der Waals surface area contributed by atoms with Crippen LogP contribution in [0.3, 0.4) is 0 Å². The summed E-state index contributed by atoms with van der Waals surface area (Å²) in [6.07, 6.45) is 2.06.